The van der Waals surface area contributed by atoms with Crippen LogP contribution in [0, 0.1) is 0 Å². The summed E-state index contributed by atoms with van der Waals surface area (Å²) in [6.45, 7) is 0. The lowest BCUT2D eigenvalue weighted by atomic mass is 10.00. The summed E-state index contributed by atoms with van der Waals surface area (Å²) in [6.07, 6.45) is 0. The fourth-order valence-electron chi connectivity index (χ4n) is 2.97. The molecule has 4 rings (SSSR count). The average molecular weight is 401 g/mol. The van der Waals surface area contributed by atoms with Gasteiger partial charge in [0.2, 0.25) is 0 Å². The Labute approximate surface area is 149 Å². The third-order valence-corrected chi connectivity index (χ3v) is 6.61. The normalized spacial score (nSPS) is 16.0. The first kappa shape index (κ1) is 15.4. The third kappa shape index (κ3) is 2.44. The van der Waals surface area contributed by atoms with Gasteiger partial charge < -0.3 is 4.74 Å². The summed E-state index contributed by atoms with van der Waals surface area (Å²) in [5, 5.41) is -0.794. The monoisotopic (exact) mass is 400 g/mol. The molecule has 0 saturated carbocycles. The van der Waals surface area contributed by atoms with Gasteiger partial charge in [0.1, 0.15) is 16.7 Å². The first-order valence-corrected chi connectivity index (χ1v) is 9.76. The van der Waals surface area contributed by atoms with Gasteiger partial charge in [-0.15, -0.1) is 0 Å². The van der Waals surface area contributed by atoms with Crippen LogP contribution in [0.4, 0.5) is 0 Å². The van der Waals surface area contributed by atoms with Gasteiger partial charge in [0.05, 0.1) is 4.90 Å². The molecule has 0 aliphatic carbocycles. The minimum atomic E-state index is -3.61. The minimum Gasteiger partial charge on any atom is -0.457 e. The molecule has 0 spiro atoms. The van der Waals surface area contributed by atoms with Crippen molar-refractivity contribution in [1.29, 1.82) is 0 Å². The largest absolute Gasteiger partial charge is 0.457 e. The first-order chi connectivity index (χ1) is 11.6. The van der Waals surface area contributed by atoms with Gasteiger partial charge in [-0.1, -0.05) is 52.3 Å². The smallest absolute Gasteiger partial charge is 0.189 e. The van der Waals surface area contributed by atoms with Crippen LogP contribution in [0.1, 0.15) is 16.4 Å². The van der Waals surface area contributed by atoms with Crippen LogP contribution in [0.3, 0.4) is 0 Å². The van der Waals surface area contributed by atoms with Crippen LogP contribution in [-0.4, -0.2) is 8.42 Å². The molecule has 0 N–H and O–H groups in total. The molecule has 0 saturated heterocycles. The summed E-state index contributed by atoms with van der Waals surface area (Å²) in [4.78, 5) is 0.303. The Morgan fingerprint density at radius 2 is 1.46 bits per heavy atom. The highest BCUT2D eigenvalue weighted by Gasteiger charge is 2.37. The Morgan fingerprint density at radius 1 is 0.792 bits per heavy atom. The van der Waals surface area contributed by atoms with Crippen molar-refractivity contribution < 1.29 is 13.2 Å². The molecule has 3 aromatic carbocycles. The predicted molar refractivity (Wildman–Crippen MR) is 96.1 cm³/mol. The van der Waals surface area contributed by atoms with E-state index in [-0.39, 0.29) is 0 Å². The van der Waals surface area contributed by atoms with Gasteiger partial charge in [-0.2, -0.15) is 0 Å². The molecule has 1 aliphatic rings. The van der Waals surface area contributed by atoms with Crippen LogP contribution in [0.2, 0.25) is 0 Å². The molecule has 0 amide bonds. The fraction of sp³-hybridized carbons (Fsp3) is 0.0526. The Hall–Kier alpha value is -2.11. The number of hydrogen-bond donors (Lipinski definition) is 0. The van der Waals surface area contributed by atoms with Crippen molar-refractivity contribution in [2.45, 2.75) is 10.1 Å². The second-order valence-corrected chi connectivity index (χ2v) is 8.51. The summed E-state index contributed by atoms with van der Waals surface area (Å²) in [7, 11) is -3.61. The van der Waals surface area contributed by atoms with Crippen molar-refractivity contribution >= 4 is 25.8 Å². The van der Waals surface area contributed by atoms with Crippen molar-refractivity contribution in [2.24, 2.45) is 0 Å². The molecular formula is C19H13BrO3S. The van der Waals surface area contributed by atoms with Crippen LogP contribution < -0.4 is 4.74 Å². The molecule has 0 bridgehead atoms. The Morgan fingerprint density at radius 3 is 2.25 bits per heavy atom. The van der Waals surface area contributed by atoms with Gasteiger partial charge in [-0.3, -0.25) is 0 Å². The van der Waals surface area contributed by atoms with Gasteiger partial charge in [-0.05, 0) is 36.4 Å². The van der Waals surface area contributed by atoms with E-state index in [2.05, 4.69) is 15.9 Å². The molecule has 0 fully saturated rings. The van der Waals surface area contributed by atoms with E-state index in [1.807, 2.05) is 36.4 Å². The number of benzene rings is 3. The van der Waals surface area contributed by atoms with E-state index in [4.69, 9.17) is 4.74 Å². The molecule has 0 aromatic heterocycles. The number of para-hydroxylation sites is 1. The molecular weight excluding hydrogens is 388 g/mol. The fourth-order valence-corrected chi connectivity index (χ4v) is 5.21. The van der Waals surface area contributed by atoms with Crippen LogP contribution in [-0.2, 0) is 9.84 Å². The first-order valence-electron chi connectivity index (χ1n) is 7.42. The zero-order valence-electron chi connectivity index (χ0n) is 12.5. The molecule has 0 radical (unpaired) electrons. The molecule has 3 aromatic rings. The summed E-state index contributed by atoms with van der Waals surface area (Å²) >= 11 is 3.43. The van der Waals surface area contributed by atoms with Gasteiger partial charge in [0.15, 0.2) is 9.84 Å². The van der Waals surface area contributed by atoms with E-state index < -0.39 is 15.1 Å². The molecule has 1 aliphatic heterocycles. The summed E-state index contributed by atoms with van der Waals surface area (Å²) in [5.41, 5.74) is 1.30. The van der Waals surface area contributed by atoms with Crippen molar-refractivity contribution in [1.82, 2.24) is 0 Å². The predicted octanol–water partition coefficient (Wildman–Crippen LogP) is 5.12. The standard InChI is InChI=1S/C19H13BrO3S/c20-13-10-11-18-16(12-13)19(15-8-4-5-9-17(15)23-18)24(21,22)14-6-2-1-3-7-14/h1-12,19H. The quantitative estimate of drug-likeness (QED) is 0.599. The van der Waals surface area contributed by atoms with Gasteiger partial charge in [0, 0.05) is 15.6 Å². The Kier molecular flexibility index (Phi) is 3.70. The lowest BCUT2D eigenvalue weighted by Gasteiger charge is -2.28. The van der Waals surface area contributed by atoms with E-state index in [9.17, 15) is 8.42 Å². The van der Waals surface area contributed by atoms with Crippen LogP contribution in [0.5, 0.6) is 11.5 Å². The molecule has 1 unspecified atom stereocenters. The molecule has 120 valence electrons. The van der Waals surface area contributed by atoms with Gasteiger partial charge >= 0.3 is 0 Å². The maximum atomic E-state index is 13.4. The lowest BCUT2D eigenvalue weighted by Crippen LogP contribution is -2.19. The second-order valence-electron chi connectivity index (χ2n) is 5.56. The topological polar surface area (TPSA) is 43.4 Å². The maximum absolute atomic E-state index is 13.4. The van der Waals surface area contributed by atoms with E-state index in [1.165, 1.54) is 0 Å². The number of rotatable bonds is 2. The van der Waals surface area contributed by atoms with Crippen LogP contribution in [0.15, 0.2) is 82.2 Å². The number of ether oxygens (including phenoxy) is 1. The zero-order chi connectivity index (χ0) is 16.7. The van der Waals surface area contributed by atoms with Crippen molar-refractivity contribution in [3.05, 3.63) is 88.4 Å². The molecule has 3 nitrogen and oxygen atoms in total. The summed E-state index contributed by atoms with van der Waals surface area (Å²) in [6, 6.07) is 21.3. The van der Waals surface area contributed by atoms with Crippen molar-refractivity contribution in [2.75, 3.05) is 0 Å². The second kappa shape index (κ2) is 5.76. The number of hydrogen-bond acceptors (Lipinski definition) is 3. The molecule has 1 heterocycles. The van der Waals surface area contributed by atoms with E-state index in [1.54, 1.807) is 36.4 Å². The van der Waals surface area contributed by atoms with Crippen LogP contribution in [0.25, 0.3) is 0 Å². The van der Waals surface area contributed by atoms with E-state index in [0.717, 1.165) is 4.47 Å². The van der Waals surface area contributed by atoms with E-state index >= 15 is 0 Å². The number of halogens is 1. The van der Waals surface area contributed by atoms with E-state index in [0.29, 0.717) is 27.5 Å². The average Bonchev–Trinajstić information content (AvgIpc) is 2.60. The van der Waals surface area contributed by atoms with Gasteiger partial charge in [-0.25, -0.2) is 8.42 Å². The van der Waals surface area contributed by atoms with Crippen molar-refractivity contribution in [3.63, 3.8) is 0 Å². The molecule has 5 heteroatoms. The molecule has 1 atom stereocenters. The SMILES string of the molecule is O=S(=O)(c1ccccc1)C1c2ccccc2Oc2ccc(Br)cc21. The Bertz CT molecular complexity index is 1010. The van der Waals surface area contributed by atoms with Gasteiger partial charge in [0.25, 0.3) is 0 Å². The highest BCUT2D eigenvalue weighted by molar-refractivity contribution is 9.10. The highest BCUT2D eigenvalue weighted by atomic mass is 79.9. The highest BCUT2D eigenvalue weighted by Crippen LogP contribution is 2.48. The lowest BCUT2D eigenvalue weighted by molar-refractivity contribution is 0.455. The Balaban J connectivity index is 2.00. The van der Waals surface area contributed by atoms with Crippen LogP contribution >= 0.6 is 15.9 Å². The summed E-state index contributed by atoms with van der Waals surface area (Å²) < 4.78 is 33.4. The minimum absolute atomic E-state index is 0.303. The molecule has 24 heavy (non-hydrogen) atoms. The summed E-state index contributed by atoms with van der Waals surface area (Å²) in [5.74, 6) is 1.15. The van der Waals surface area contributed by atoms with Crippen molar-refractivity contribution in [3.8, 4) is 11.5 Å². The maximum Gasteiger partial charge on any atom is 0.189 e. The zero-order valence-corrected chi connectivity index (χ0v) is 14.9. The number of sulfone groups is 1. The number of fused-ring (bicyclic) bond motifs is 2. The third-order valence-electron chi connectivity index (χ3n) is 4.06.